The van der Waals surface area contributed by atoms with Crippen LogP contribution in [0.3, 0.4) is 0 Å². The van der Waals surface area contributed by atoms with Crippen molar-refractivity contribution in [1.82, 2.24) is 4.31 Å². The number of sulfonamides is 1. The van der Waals surface area contributed by atoms with Crippen LogP contribution in [0.5, 0.6) is 0 Å². The van der Waals surface area contributed by atoms with Gasteiger partial charge >= 0.3 is 5.97 Å². The lowest BCUT2D eigenvalue weighted by molar-refractivity contribution is -0.143. The number of benzene rings is 1. The average molecular weight is 318 g/mol. The molecule has 7 heteroatoms. The monoisotopic (exact) mass is 317 g/mol. The van der Waals surface area contributed by atoms with Gasteiger partial charge in [-0.15, -0.1) is 6.58 Å². The molecule has 0 aliphatic carbocycles. The summed E-state index contributed by atoms with van der Waals surface area (Å²) in [5.74, 6) is -0.605. The van der Waals surface area contributed by atoms with Gasteiger partial charge in [0.1, 0.15) is 6.54 Å². The van der Waals surface area contributed by atoms with Crippen molar-refractivity contribution >= 4 is 27.6 Å². The van der Waals surface area contributed by atoms with E-state index in [2.05, 4.69) is 6.58 Å². The van der Waals surface area contributed by atoms with Gasteiger partial charge in [-0.25, -0.2) is 8.42 Å². The number of nitrogens with zero attached hydrogens (tertiary/aromatic N) is 1. The minimum absolute atomic E-state index is 0.0176. The van der Waals surface area contributed by atoms with E-state index in [1.807, 2.05) is 0 Å². The molecular formula is C13H16ClNO4S. The molecule has 0 N–H and O–H groups in total. The molecule has 0 saturated carbocycles. The molecule has 0 atom stereocenters. The Kier molecular flexibility index (Phi) is 6.19. The SMILES string of the molecule is C=CCN(CC(=O)OCC)S(=O)(=O)c1ccc(Cl)cc1. The third-order valence-corrected chi connectivity index (χ3v) is 4.47. The van der Waals surface area contributed by atoms with Gasteiger partial charge in [0.05, 0.1) is 11.5 Å². The number of ether oxygens (including phenoxy) is 1. The number of hydrogen-bond acceptors (Lipinski definition) is 4. The lowest BCUT2D eigenvalue weighted by atomic mass is 10.4. The highest BCUT2D eigenvalue weighted by Crippen LogP contribution is 2.18. The van der Waals surface area contributed by atoms with E-state index in [0.29, 0.717) is 5.02 Å². The highest BCUT2D eigenvalue weighted by atomic mass is 35.5. The normalized spacial score (nSPS) is 11.3. The molecule has 0 radical (unpaired) electrons. The van der Waals surface area contributed by atoms with Crippen LogP contribution in [-0.2, 0) is 19.6 Å². The lowest BCUT2D eigenvalue weighted by Crippen LogP contribution is -2.36. The molecule has 5 nitrogen and oxygen atoms in total. The number of carbonyl (C=O) groups is 1. The van der Waals surface area contributed by atoms with E-state index >= 15 is 0 Å². The summed E-state index contributed by atoms with van der Waals surface area (Å²) in [6, 6.07) is 5.73. The minimum atomic E-state index is -3.79. The molecule has 0 unspecified atom stereocenters. The summed E-state index contributed by atoms with van der Waals surface area (Å²) in [4.78, 5) is 11.5. The van der Waals surface area contributed by atoms with Crippen LogP contribution in [0.4, 0.5) is 0 Å². The van der Waals surface area contributed by atoms with E-state index in [4.69, 9.17) is 16.3 Å². The van der Waals surface area contributed by atoms with Crippen LogP contribution in [0.15, 0.2) is 41.8 Å². The van der Waals surface area contributed by atoms with Gasteiger partial charge in [-0.2, -0.15) is 4.31 Å². The summed E-state index contributed by atoms with van der Waals surface area (Å²) in [7, 11) is -3.79. The van der Waals surface area contributed by atoms with Crippen molar-refractivity contribution in [2.75, 3.05) is 19.7 Å². The molecule has 0 aliphatic heterocycles. The van der Waals surface area contributed by atoms with Gasteiger partial charge in [0.25, 0.3) is 0 Å². The van der Waals surface area contributed by atoms with Crippen molar-refractivity contribution in [2.45, 2.75) is 11.8 Å². The Labute approximate surface area is 123 Å². The minimum Gasteiger partial charge on any atom is -0.465 e. The van der Waals surface area contributed by atoms with Crippen LogP contribution in [0.25, 0.3) is 0 Å². The van der Waals surface area contributed by atoms with Crippen LogP contribution in [0, 0.1) is 0 Å². The topological polar surface area (TPSA) is 63.7 Å². The molecule has 0 fully saturated rings. The Morgan fingerprint density at radius 2 is 2.00 bits per heavy atom. The van der Waals surface area contributed by atoms with Gasteiger partial charge in [-0.05, 0) is 31.2 Å². The third kappa shape index (κ3) is 4.33. The van der Waals surface area contributed by atoms with Gasteiger partial charge in [-0.3, -0.25) is 4.79 Å². The fourth-order valence-corrected chi connectivity index (χ4v) is 2.98. The second-order valence-corrected chi connectivity index (χ2v) is 6.22. The molecule has 20 heavy (non-hydrogen) atoms. The van der Waals surface area contributed by atoms with Gasteiger partial charge < -0.3 is 4.74 Å². The van der Waals surface area contributed by atoms with Crippen molar-refractivity contribution in [3.63, 3.8) is 0 Å². The number of hydrogen-bond donors (Lipinski definition) is 0. The van der Waals surface area contributed by atoms with E-state index in [1.165, 1.54) is 30.3 Å². The average Bonchev–Trinajstić information content (AvgIpc) is 2.39. The van der Waals surface area contributed by atoms with Gasteiger partial charge in [0.15, 0.2) is 0 Å². The first-order valence-electron chi connectivity index (χ1n) is 5.94. The molecular weight excluding hydrogens is 302 g/mol. The lowest BCUT2D eigenvalue weighted by Gasteiger charge is -2.19. The van der Waals surface area contributed by atoms with Crippen molar-refractivity contribution in [3.8, 4) is 0 Å². The molecule has 0 heterocycles. The summed E-state index contributed by atoms with van der Waals surface area (Å²) in [6.45, 7) is 5.01. The first-order chi connectivity index (χ1) is 9.41. The Hall–Kier alpha value is -1.37. The zero-order valence-corrected chi connectivity index (χ0v) is 12.7. The Bertz CT molecular complexity index is 569. The highest BCUT2D eigenvalue weighted by Gasteiger charge is 2.26. The van der Waals surface area contributed by atoms with Crippen LogP contribution in [0.2, 0.25) is 5.02 Å². The van der Waals surface area contributed by atoms with Crippen LogP contribution in [-0.4, -0.2) is 38.4 Å². The van der Waals surface area contributed by atoms with Crippen molar-refractivity contribution in [1.29, 1.82) is 0 Å². The second-order valence-electron chi connectivity index (χ2n) is 3.85. The fraction of sp³-hybridized carbons (Fsp3) is 0.308. The summed E-state index contributed by atoms with van der Waals surface area (Å²) < 4.78 is 30.6. The van der Waals surface area contributed by atoms with Crippen LogP contribution < -0.4 is 0 Å². The van der Waals surface area contributed by atoms with Crippen molar-refractivity contribution < 1.29 is 17.9 Å². The van der Waals surface area contributed by atoms with Gasteiger partial charge in [-0.1, -0.05) is 17.7 Å². The van der Waals surface area contributed by atoms with Crippen molar-refractivity contribution in [2.24, 2.45) is 0 Å². The molecule has 110 valence electrons. The Balaban J connectivity index is 3.02. The third-order valence-electron chi connectivity index (χ3n) is 2.39. The van der Waals surface area contributed by atoms with Gasteiger partial charge in [0.2, 0.25) is 10.0 Å². The summed E-state index contributed by atoms with van der Waals surface area (Å²) in [6.07, 6.45) is 1.41. The highest BCUT2D eigenvalue weighted by molar-refractivity contribution is 7.89. The fourth-order valence-electron chi connectivity index (χ4n) is 1.50. The van der Waals surface area contributed by atoms with Crippen LogP contribution in [0.1, 0.15) is 6.92 Å². The number of carbonyl (C=O) groups excluding carboxylic acids is 1. The number of esters is 1. The maximum Gasteiger partial charge on any atom is 0.321 e. The Morgan fingerprint density at radius 1 is 1.40 bits per heavy atom. The molecule has 1 aromatic carbocycles. The predicted octanol–water partition coefficient (Wildman–Crippen LogP) is 2.08. The number of halogens is 1. The van der Waals surface area contributed by atoms with E-state index in [-0.39, 0.29) is 24.6 Å². The maximum atomic E-state index is 12.4. The number of rotatable bonds is 7. The molecule has 1 rings (SSSR count). The van der Waals surface area contributed by atoms with E-state index < -0.39 is 16.0 Å². The second kappa shape index (κ2) is 7.42. The van der Waals surface area contributed by atoms with Crippen molar-refractivity contribution in [3.05, 3.63) is 41.9 Å². The molecule has 0 saturated heterocycles. The molecule has 0 aliphatic rings. The zero-order chi connectivity index (χ0) is 15.2. The zero-order valence-electron chi connectivity index (χ0n) is 11.1. The van der Waals surface area contributed by atoms with E-state index in [9.17, 15) is 13.2 Å². The molecule has 0 amide bonds. The summed E-state index contributed by atoms with van der Waals surface area (Å²) in [5.41, 5.74) is 0. The molecule has 0 spiro atoms. The largest absolute Gasteiger partial charge is 0.465 e. The molecule has 0 bridgehead atoms. The van der Waals surface area contributed by atoms with Crippen LogP contribution >= 0.6 is 11.6 Å². The predicted molar refractivity (Wildman–Crippen MR) is 77.0 cm³/mol. The summed E-state index contributed by atoms with van der Waals surface area (Å²) >= 11 is 5.73. The molecule has 1 aromatic rings. The van der Waals surface area contributed by atoms with Gasteiger partial charge in [0, 0.05) is 11.6 Å². The summed E-state index contributed by atoms with van der Waals surface area (Å²) in [5, 5.41) is 0.435. The maximum absolute atomic E-state index is 12.4. The standard InChI is InChI=1S/C13H16ClNO4S/c1-3-9-15(10-13(16)19-4-2)20(17,18)12-7-5-11(14)6-8-12/h3,5-8H,1,4,9-10H2,2H3. The molecule has 0 aromatic heterocycles. The first-order valence-corrected chi connectivity index (χ1v) is 7.75. The smallest absolute Gasteiger partial charge is 0.321 e. The quantitative estimate of drug-likeness (QED) is 0.570. The van der Waals surface area contributed by atoms with E-state index in [1.54, 1.807) is 6.92 Å². The first kappa shape index (κ1) is 16.7. The van der Waals surface area contributed by atoms with E-state index in [0.717, 1.165) is 4.31 Å². The Morgan fingerprint density at radius 3 is 2.50 bits per heavy atom.